The van der Waals surface area contributed by atoms with Gasteiger partial charge in [-0.25, -0.2) is 0 Å². The Morgan fingerprint density at radius 3 is 1.08 bits per heavy atom. The largest absolute Gasteiger partial charge is 0.494 e. The Kier molecular flexibility index (Phi) is 20.8. The SMILES string of the molecule is CN(C)CC[N+](C)(C)CCCCCCCCOc1ccc(/C=C/c2ccc(OCCCCCCCC[N+](C)(C)CCN(C)C)cc2)cc1. The Hall–Kier alpha value is -2.38. The molecular formula is C42H74N4O2+2. The van der Waals surface area contributed by atoms with Crippen LogP contribution in [0, 0.1) is 0 Å². The van der Waals surface area contributed by atoms with Gasteiger partial charge in [0, 0.05) is 13.1 Å². The van der Waals surface area contributed by atoms with Crippen molar-refractivity contribution in [2.24, 2.45) is 0 Å². The molecule has 0 fully saturated rings. The van der Waals surface area contributed by atoms with Gasteiger partial charge in [-0.2, -0.15) is 0 Å². The molecule has 48 heavy (non-hydrogen) atoms. The van der Waals surface area contributed by atoms with Gasteiger partial charge >= 0.3 is 0 Å². The molecule has 6 heteroatoms. The maximum atomic E-state index is 6.00. The quantitative estimate of drug-likeness (QED) is 0.0516. The van der Waals surface area contributed by atoms with E-state index >= 15 is 0 Å². The van der Waals surface area contributed by atoms with Crippen LogP contribution in [0.3, 0.4) is 0 Å². The summed E-state index contributed by atoms with van der Waals surface area (Å²) in [5.41, 5.74) is 2.36. The summed E-state index contributed by atoms with van der Waals surface area (Å²) >= 11 is 0. The second kappa shape index (κ2) is 23.9. The van der Waals surface area contributed by atoms with E-state index in [9.17, 15) is 0 Å². The van der Waals surface area contributed by atoms with E-state index in [4.69, 9.17) is 9.47 Å². The van der Waals surface area contributed by atoms with E-state index in [0.717, 1.165) is 59.6 Å². The van der Waals surface area contributed by atoms with Crippen molar-refractivity contribution in [3.05, 3.63) is 59.7 Å². The Balaban J connectivity index is 1.50. The Labute approximate surface area is 296 Å². The molecule has 0 aliphatic heterocycles. The molecule has 0 saturated heterocycles. The number of benzene rings is 2. The number of hydrogen-bond acceptors (Lipinski definition) is 4. The maximum absolute atomic E-state index is 6.00. The van der Waals surface area contributed by atoms with Crippen LogP contribution in [-0.2, 0) is 0 Å². The van der Waals surface area contributed by atoms with Crippen molar-refractivity contribution >= 4 is 12.2 Å². The number of hydrogen-bond donors (Lipinski definition) is 0. The second-order valence-electron chi connectivity index (χ2n) is 15.8. The van der Waals surface area contributed by atoms with Crippen LogP contribution in [0.4, 0.5) is 0 Å². The van der Waals surface area contributed by atoms with E-state index in [1.54, 1.807) is 0 Å². The highest BCUT2D eigenvalue weighted by atomic mass is 16.5. The average molecular weight is 667 g/mol. The summed E-state index contributed by atoms with van der Waals surface area (Å²) < 4.78 is 14.3. The Bertz CT molecular complexity index is 1010. The molecule has 0 N–H and O–H groups in total. The zero-order valence-corrected chi connectivity index (χ0v) is 32.5. The van der Waals surface area contributed by atoms with Gasteiger partial charge < -0.3 is 28.2 Å². The van der Waals surface area contributed by atoms with Crippen molar-refractivity contribution in [2.45, 2.75) is 77.0 Å². The topological polar surface area (TPSA) is 24.9 Å². The molecule has 0 radical (unpaired) electrons. The molecule has 0 atom stereocenters. The molecule has 2 rings (SSSR count). The van der Waals surface area contributed by atoms with Crippen LogP contribution < -0.4 is 9.47 Å². The molecule has 0 saturated carbocycles. The van der Waals surface area contributed by atoms with Gasteiger partial charge in [0.25, 0.3) is 0 Å². The summed E-state index contributed by atoms with van der Waals surface area (Å²) in [6, 6.07) is 16.9. The molecule has 0 spiro atoms. The lowest BCUT2D eigenvalue weighted by molar-refractivity contribution is -0.890. The number of unbranched alkanes of at least 4 members (excludes halogenated alkanes) is 10. The van der Waals surface area contributed by atoms with Gasteiger partial charge in [-0.3, -0.25) is 0 Å². The molecule has 0 bridgehead atoms. The van der Waals surface area contributed by atoms with Gasteiger partial charge in [0.05, 0.1) is 67.6 Å². The number of quaternary nitrogens is 2. The predicted octanol–water partition coefficient (Wildman–Crippen LogP) is 8.57. The molecule has 0 aliphatic carbocycles. The second-order valence-corrected chi connectivity index (χ2v) is 15.8. The van der Waals surface area contributed by atoms with E-state index in [0.29, 0.717) is 0 Å². The average Bonchev–Trinajstić information content (AvgIpc) is 3.05. The first kappa shape index (κ1) is 41.8. The standard InChI is InChI=1S/C42H74N4O2/c1-43(2)31-35-45(5,6)33-17-13-9-11-15-19-37-47-41-27-23-39(24-28-41)21-22-40-25-29-42(30-26-40)48-38-20-16-12-10-14-18-34-46(7,8)36-32-44(3)4/h21-30H,9-20,31-38H2,1-8H3/q+2/b22-21+. The van der Waals surface area contributed by atoms with Crippen molar-refractivity contribution < 1.29 is 18.4 Å². The van der Waals surface area contributed by atoms with Gasteiger partial charge in [0.1, 0.15) is 11.5 Å². The first-order valence-electron chi connectivity index (χ1n) is 19.0. The number of rotatable bonds is 28. The van der Waals surface area contributed by atoms with Crippen LogP contribution in [0.1, 0.15) is 88.2 Å². The lowest BCUT2D eigenvalue weighted by Gasteiger charge is -2.31. The molecule has 272 valence electrons. The van der Waals surface area contributed by atoms with Crippen molar-refractivity contribution in [3.63, 3.8) is 0 Å². The highest BCUT2D eigenvalue weighted by Gasteiger charge is 2.15. The third kappa shape index (κ3) is 21.6. The van der Waals surface area contributed by atoms with Gasteiger partial charge in [-0.15, -0.1) is 0 Å². The minimum atomic E-state index is 0.799. The molecule has 2 aromatic carbocycles. The van der Waals surface area contributed by atoms with Crippen LogP contribution in [0.25, 0.3) is 12.2 Å². The van der Waals surface area contributed by atoms with Crippen LogP contribution in [0.15, 0.2) is 48.5 Å². The normalized spacial score (nSPS) is 12.5. The van der Waals surface area contributed by atoms with Crippen molar-refractivity contribution in [1.29, 1.82) is 0 Å². The monoisotopic (exact) mass is 667 g/mol. The van der Waals surface area contributed by atoms with E-state index < -0.39 is 0 Å². The lowest BCUT2D eigenvalue weighted by atomic mass is 10.1. The van der Waals surface area contributed by atoms with Crippen molar-refractivity contribution in [2.75, 3.05) is 109 Å². The van der Waals surface area contributed by atoms with Crippen LogP contribution in [-0.4, -0.2) is 128 Å². The number of nitrogens with zero attached hydrogens (tertiary/aromatic N) is 4. The van der Waals surface area contributed by atoms with E-state index in [2.05, 4.69) is 127 Å². The summed E-state index contributed by atoms with van der Waals surface area (Å²) in [5, 5.41) is 0. The third-order valence-electron chi connectivity index (χ3n) is 9.39. The highest BCUT2D eigenvalue weighted by Crippen LogP contribution is 2.18. The fourth-order valence-electron chi connectivity index (χ4n) is 5.79. The molecule has 0 aliphatic rings. The van der Waals surface area contributed by atoms with Crippen molar-refractivity contribution in [1.82, 2.24) is 9.80 Å². The minimum Gasteiger partial charge on any atom is -0.494 e. The molecule has 0 heterocycles. The molecule has 6 nitrogen and oxygen atoms in total. The molecule has 2 aromatic rings. The summed E-state index contributed by atoms with van der Waals surface area (Å²) in [5.74, 6) is 1.92. The summed E-state index contributed by atoms with van der Waals surface area (Å²) in [6.45, 7) is 8.93. The zero-order chi connectivity index (χ0) is 35.1. The summed E-state index contributed by atoms with van der Waals surface area (Å²) in [6.07, 6.45) is 19.7. The number of ether oxygens (including phenoxy) is 2. The number of likely N-dealkylation sites (N-methyl/N-ethyl adjacent to an activating group) is 4. The zero-order valence-electron chi connectivity index (χ0n) is 32.5. The third-order valence-corrected chi connectivity index (χ3v) is 9.39. The molecule has 0 amide bonds. The maximum Gasteiger partial charge on any atom is 0.119 e. The fourth-order valence-corrected chi connectivity index (χ4v) is 5.79. The van der Waals surface area contributed by atoms with E-state index in [1.807, 2.05) is 0 Å². The fraction of sp³-hybridized carbons (Fsp3) is 0.667. The van der Waals surface area contributed by atoms with Gasteiger partial charge in [-0.05, 0) is 102 Å². The molecule has 0 aromatic heterocycles. The molecule has 0 unspecified atom stereocenters. The predicted molar refractivity (Wildman–Crippen MR) is 209 cm³/mol. The summed E-state index contributed by atoms with van der Waals surface area (Å²) in [4.78, 5) is 4.56. The summed E-state index contributed by atoms with van der Waals surface area (Å²) in [7, 11) is 18.1. The Morgan fingerprint density at radius 1 is 0.438 bits per heavy atom. The van der Waals surface area contributed by atoms with Gasteiger partial charge in [-0.1, -0.05) is 74.9 Å². The first-order valence-corrected chi connectivity index (χ1v) is 19.0. The van der Waals surface area contributed by atoms with Crippen LogP contribution in [0.2, 0.25) is 0 Å². The van der Waals surface area contributed by atoms with Gasteiger partial charge in [0.15, 0.2) is 0 Å². The van der Waals surface area contributed by atoms with E-state index in [1.165, 1.54) is 102 Å². The first-order chi connectivity index (χ1) is 22.9. The minimum absolute atomic E-state index is 0.799. The molecular weight excluding hydrogens is 592 g/mol. The highest BCUT2D eigenvalue weighted by molar-refractivity contribution is 5.70. The van der Waals surface area contributed by atoms with Crippen molar-refractivity contribution in [3.8, 4) is 11.5 Å². The van der Waals surface area contributed by atoms with Gasteiger partial charge in [0.2, 0.25) is 0 Å². The van der Waals surface area contributed by atoms with Crippen LogP contribution in [0.5, 0.6) is 11.5 Å². The Morgan fingerprint density at radius 2 is 0.750 bits per heavy atom. The lowest BCUT2D eigenvalue weighted by Crippen LogP contribution is -2.44. The van der Waals surface area contributed by atoms with E-state index in [-0.39, 0.29) is 0 Å². The smallest absolute Gasteiger partial charge is 0.119 e. The van der Waals surface area contributed by atoms with Crippen LogP contribution >= 0.6 is 0 Å².